The number of nitrogens with one attached hydrogen (secondary N) is 2. The number of halogens is 1. The number of fused-ring (bicyclic) bond motifs is 3. The minimum absolute atomic E-state index is 0. The molecule has 0 spiro atoms. The zero-order valence-electron chi connectivity index (χ0n) is 13.9. The quantitative estimate of drug-likeness (QED) is 0.516. The zero-order valence-corrected chi connectivity index (χ0v) is 14.7. The van der Waals surface area contributed by atoms with Crippen LogP contribution in [0.4, 0.5) is 0 Å². The first kappa shape index (κ1) is 17.8. The predicted molar refractivity (Wildman–Crippen MR) is 105 cm³/mol. The largest absolute Gasteiger partial charge is 0.353 e. The number of nitrogens with two attached hydrogens (primary N) is 1. The summed E-state index contributed by atoms with van der Waals surface area (Å²) >= 11 is 0. The zero-order chi connectivity index (χ0) is 17.2. The number of nitrogens with zero attached hydrogens (tertiary/aromatic N) is 2. The van der Waals surface area contributed by atoms with Crippen LogP contribution in [0.3, 0.4) is 0 Å². The van der Waals surface area contributed by atoms with Crippen LogP contribution in [-0.4, -0.2) is 33.9 Å². The standard InChI is InChI=1S/C19H17N5O.ClH/c20-7-10-22-19(25)16-11-14-13-3-1-2-4-15(13)23-18(14)17(24-16)12-5-8-21-9-6-12;/h1-6,8-9,11,23H,7,10,20H2,(H,22,25);1H. The number of hydrogen-bond donors (Lipinski definition) is 3. The molecule has 0 saturated carbocycles. The Labute approximate surface area is 156 Å². The van der Waals surface area contributed by atoms with Gasteiger partial charge in [0.25, 0.3) is 5.91 Å². The molecule has 132 valence electrons. The van der Waals surface area contributed by atoms with Gasteiger partial charge in [-0.1, -0.05) is 18.2 Å². The van der Waals surface area contributed by atoms with Crippen molar-refractivity contribution in [1.82, 2.24) is 20.3 Å². The number of hydrogen-bond acceptors (Lipinski definition) is 4. The summed E-state index contributed by atoms with van der Waals surface area (Å²) in [5.74, 6) is -0.229. The first-order valence-electron chi connectivity index (χ1n) is 8.08. The second kappa shape index (κ2) is 7.51. The third-order valence-corrected chi connectivity index (χ3v) is 4.11. The maximum Gasteiger partial charge on any atom is 0.269 e. The second-order valence-electron chi connectivity index (χ2n) is 5.73. The lowest BCUT2D eigenvalue weighted by molar-refractivity contribution is 0.0950. The third kappa shape index (κ3) is 3.12. The summed E-state index contributed by atoms with van der Waals surface area (Å²) in [6.07, 6.45) is 3.43. The van der Waals surface area contributed by atoms with Crippen LogP contribution in [0.1, 0.15) is 10.5 Å². The van der Waals surface area contributed by atoms with Crippen LogP contribution < -0.4 is 11.1 Å². The van der Waals surface area contributed by atoms with Crippen LogP contribution in [0, 0.1) is 0 Å². The van der Waals surface area contributed by atoms with E-state index in [-0.39, 0.29) is 18.3 Å². The SMILES string of the molecule is Cl.NCCNC(=O)c1cc2c([nH]c3ccccc32)c(-c2ccncc2)n1. The van der Waals surface area contributed by atoms with E-state index in [4.69, 9.17) is 5.73 Å². The number of carbonyl (C=O) groups is 1. The van der Waals surface area contributed by atoms with Crippen LogP contribution in [0.15, 0.2) is 54.9 Å². The van der Waals surface area contributed by atoms with E-state index in [0.717, 1.165) is 33.1 Å². The van der Waals surface area contributed by atoms with Crippen molar-refractivity contribution in [2.24, 2.45) is 5.73 Å². The van der Waals surface area contributed by atoms with Crippen molar-refractivity contribution in [2.75, 3.05) is 13.1 Å². The highest BCUT2D eigenvalue weighted by atomic mass is 35.5. The Morgan fingerprint density at radius 3 is 2.65 bits per heavy atom. The van der Waals surface area contributed by atoms with Crippen molar-refractivity contribution in [2.45, 2.75) is 0 Å². The highest BCUT2D eigenvalue weighted by Crippen LogP contribution is 2.32. The number of para-hydroxylation sites is 1. The van der Waals surface area contributed by atoms with Crippen LogP contribution >= 0.6 is 12.4 Å². The fourth-order valence-electron chi connectivity index (χ4n) is 2.96. The Bertz CT molecular complexity index is 1060. The van der Waals surface area contributed by atoms with E-state index in [0.29, 0.717) is 18.8 Å². The van der Waals surface area contributed by atoms with Gasteiger partial charge in [0.05, 0.1) is 11.2 Å². The fraction of sp³-hybridized carbons (Fsp3) is 0.105. The van der Waals surface area contributed by atoms with E-state index in [1.807, 2.05) is 42.5 Å². The topological polar surface area (TPSA) is 96.7 Å². The number of carbonyl (C=O) groups excluding carboxylic acids is 1. The number of aromatic nitrogens is 3. The Kier molecular flexibility index (Phi) is 5.16. The molecule has 3 aromatic heterocycles. The van der Waals surface area contributed by atoms with Gasteiger partial charge in [-0.25, -0.2) is 4.98 Å². The number of aromatic amines is 1. The van der Waals surface area contributed by atoms with Gasteiger partial charge in [0.15, 0.2) is 0 Å². The van der Waals surface area contributed by atoms with E-state index in [9.17, 15) is 4.79 Å². The number of benzene rings is 1. The molecule has 0 fully saturated rings. The molecular weight excluding hydrogens is 350 g/mol. The monoisotopic (exact) mass is 367 g/mol. The van der Waals surface area contributed by atoms with Crippen LogP contribution in [0.5, 0.6) is 0 Å². The Hall–Kier alpha value is -2.96. The number of amides is 1. The Morgan fingerprint density at radius 1 is 1.12 bits per heavy atom. The van der Waals surface area contributed by atoms with Gasteiger partial charge in [-0.15, -0.1) is 12.4 Å². The van der Waals surface area contributed by atoms with Gasteiger partial charge in [0, 0.05) is 47.3 Å². The maximum atomic E-state index is 12.4. The molecule has 6 nitrogen and oxygen atoms in total. The summed E-state index contributed by atoms with van der Waals surface area (Å²) in [5, 5.41) is 4.81. The van der Waals surface area contributed by atoms with Crippen LogP contribution in [0.2, 0.25) is 0 Å². The van der Waals surface area contributed by atoms with Gasteiger partial charge in [-0.3, -0.25) is 9.78 Å². The molecule has 0 aliphatic heterocycles. The average Bonchev–Trinajstić information content (AvgIpc) is 3.04. The molecule has 3 heterocycles. The highest BCUT2D eigenvalue weighted by molar-refractivity contribution is 6.13. The van der Waals surface area contributed by atoms with Gasteiger partial charge in [-0.05, 0) is 24.3 Å². The van der Waals surface area contributed by atoms with E-state index < -0.39 is 0 Å². The first-order valence-corrected chi connectivity index (χ1v) is 8.08. The smallest absolute Gasteiger partial charge is 0.269 e. The molecule has 0 aliphatic carbocycles. The molecule has 1 aromatic carbocycles. The Balaban J connectivity index is 0.00000196. The number of pyridine rings is 2. The van der Waals surface area contributed by atoms with Crippen molar-refractivity contribution < 1.29 is 4.79 Å². The van der Waals surface area contributed by atoms with Crippen molar-refractivity contribution in [3.05, 3.63) is 60.6 Å². The van der Waals surface area contributed by atoms with Gasteiger partial charge in [0.2, 0.25) is 0 Å². The molecule has 0 saturated heterocycles. The van der Waals surface area contributed by atoms with E-state index in [1.165, 1.54) is 0 Å². The van der Waals surface area contributed by atoms with Gasteiger partial charge in [0.1, 0.15) is 5.69 Å². The summed E-state index contributed by atoms with van der Waals surface area (Å²) in [5.41, 5.74) is 9.40. The molecule has 4 N–H and O–H groups in total. The molecule has 4 aromatic rings. The maximum absolute atomic E-state index is 12.4. The fourth-order valence-corrected chi connectivity index (χ4v) is 2.96. The molecule has 0 radical (unpaired) electrons. The minimum Gasteiger partial charge on any atom is -0.353 e. The summed E-state index contributed by atoms with van der Waals surface area (Å²) in [6, 6.07) is 13.6. The number of H-pyrrole nitrogens is 1. The van der Waals surface area contributed by atoms with Crippen LogP contribution in [0.25, 0.3) is 33.1 Å². The normalized spacial score (nSPS) is 10.7. The molecule has 0 bridgehead atoms. The predicted octanol–water partition coefficient (Wildman–Crippen LogP) is 2.89. The van der Waals surface area contributed by atoms with E-state index in [1.54, 1.807) is 12.4 Å². The third-order valence-electron chi connectivity index (χ3n) is 4.11. The van der Waals surface area contributed by atoms with Crippen molar-refractivity contribution in [3.63, 3.8) is 0 Å². The lowest BCUT2D eigenvalue weighted by Crippen LogP contribution is -2.29. The summed E-state index contributed by atoms with van der Waals surface area (Å²) < 4.78 is 0. The van der Waals surface area contributed by atoms with E-state index in [2.05, 4.69) is 20.3 Å². The molecular formula is C19H18ClN5O. The van der Waals surface area contributed by atoms with Gasteiger partial charge in [-0.2, -0.15) is 0 Å². The Morgan fingerprint density at radius 2 is 1.88 bits per heavy atom. The molecule has 1 amide bonds. The number of rotatable bonds is 4. The molecule has 4 rings (SSSR count). The molecule has 7 heteroatoms. The average molecular weight is 368 g/mol. The molecule has 26 heavy (non-hydrogen) atoms. The van der Waals surface area contributed by atoms with Crippen molar-refractivity contribution in [1.29, 1.82) is 0 Å². The highest BCUT2D eigenvalue weighted by Gasteiger charge is 2.16. The second-order valence-corrected chi connectivity index (χ2v) is 5.73. The molecule has 0 aliphatic rings. The van der Waals surface area contributed by atoms with Crippen molar-refractivity contribution in [3.8, 4) is 11.3 Å². The van der Waals surface area contributed by atoms with E-state index >= 15 is 0 Å². The van der Waals surface area contributed by atoms with Gasteiger partial charge >= 0.3 is 0 Å². The molecule has 0 atom stereocenters. The first-order chi connectivity index (χ1) is 12.3. The van der Waals surface area contributed by atoms with Gasteiger partial charge < -0.3 is 16.0 Å². The lowest BCUT2D eigenvalue weighted by Gasteiger charge is -2.08. The lowest BCUT2D eigenvalue weighted by atomic mass is 10.1. The summed E-state index contributed by atoms with van der Waals surface area (Å²) in [6.45, 7) is 0.801. The summed E-state index contributed by atoms with van der Waals surface area (Å²) in [4.78, 5) is 24.5. The van der Waals surface area contributed by atoms with Crippen LogP contribution in [-0.2, 0) is 0 Å². The summed E-state index contributed by atoms with van der Waals surface area (Å²) in [7, 11) is 0. The minimum atomic E-state index is -0.229. The molecule has 0 unspecified atom stereocenters. The van der Waals surface area contributed by atoms with Crippen molar-refractivity contribution >= 4 is 40.1 Å².